The van der Waals surface area contributed by atoms with Crippen molar-refractivity contribution in [1.82, 2.24) is 4.98 Å². The van der Waals surface area contributed by atoms with Crippen molar-refractivity contribution < 1.29 is 14.0 Å². The maximum Gasteiger partial charge on any atom is 0.328 e. The van der Waals surface area contributed by atoms with Crippen LogP contribution >= 0.6 is 7.60 Å². The molecular weight excluding hydrogens is 297 g/mol. The lowest BCUT2D eigenvalue weighted by Gasteiger charge is -2.12. The van der Waals surface area contributed by atoms with E-state index in [1.165, 1.54) is 5.56 Å². The second-order valence-electron chi connectivity index (χ2n) is 5.21. The van der Waals surface area contributed by atoms with Crippen LogP contribution in [0.25, 0.3) is 0 Å². The number of benzene rings is 1. The van der Waals surface area contributed by atoms with E-state index in [4.69, 9.17) is 4.52 Å². The summed E-state index contributed by atoms with van der Waals surface area (Å²) in [6.45, 7) is 0.287. The van der Waals surface area contributed by atoms with Gasteiger partial charge in [0.1, 0.15) is 0 Å². The zero-order valence-corrected chi connectivity index (χ0v) is 13.5. The van der Waals surface area contributed by atoms with Gasteiger partial charge in [-0.1, -0.05) is 36.4 Å². The van der Waals surface area contributed by atoms with Gasteiger partial charge in [0.15, 0.2) is 0 Å². The summed E-state index contributed by atoms with van der Waals surface area (Å²) in [5.74, 6) is 0. The van der Waals surface area contributed by atoms with Crippen molar-refractivity contribution in [3.63, 3.8) is 0 Å². The predicted molar refractivity (Wildman–Crippen MR) is 88.0 cm³/mol. The van der Waals surface area contributed by atoms with Crippen molar-refractivity contribution in [2.75, 3.05) is 12.8 Å². The number of rotatable bonds is 9. The van der Waals surface area contributed by atoms with E-state index >= 15 is 0 Å². The summed E-state index contributed by atoms with van der Waals surface area (Å²) in [7, 11) is -3.47. The van der Waals surface area contributed by atoms with Gasteiger partial charge in [-0.05, 0) is 43.4 Å². The Morgan fingerprint density at radius 3 is 2.50 bits per heavy atom. The topological polar surface area (TPSA) is 59.4 Å². The summed E-state index contributed by atoms with van der Waals surface area (Å²) in [5.41, 5.74) is 2.15. The van der Waals surface area contributed by atoms with E-state index in [0.717, 1.165) is 18.5 Å². The van der Waals surface area contributed by atoms with Crippen molar-refractivity contribution in [1.29, 1.82) is 0 Å². The molecule has 118 valence electrons. The molecule has 0 radical (unpaired) electrons. The largest absolute Gasteiger partial charge is 0.328 e. The molecule has 0 aliphatic heterocycles. The molecule has 0 fully saturated rings. The van der Waals surface area contributed by atoms with E-state index in [9.17, 15) is 9.46 Å². The third-order valence-corrected chi connectivity index (χ3v) is 4.81. The zero-order valence-electron chi connectivity index (χ0n) is 12.6. The van der Waals surface area contributed by atoms with Gasteiger partial charge in [0.05, 0.1) is 12.8 Å². The smallest absolute Gasteiger partial charge is 0.324 e. The van der Waals surface area contributed by atoms with E-state index in [0.29, 0.717) is 12.8 Å². The molecule has 22 heavy (non-hydrogen) atoms. The molecule has 1 atom stereocenters. The molecule has 2 aromatic rings. The third kappa shape index (κ3) is 6.52. The lowest BCUT2D eigenvalue weighted by Crippen LogP contribution is -2.00. The maximum absolute atomic E-state index is 11.9. The fraction of sp³-hybridized carbons (Fsp3) is 0.353. The number of aryl methyl sites for hydroxylation is 2. The average Bonchev–Trinajstić information content (AvgIpc) is 2.53. The van der Waals surface area contributed by atoms with Gasteiger partial charge in [-0.25, -0.2) is 0 Å². The molecule has 0 aliphatic carbocycles. The molecule has 0 saturated carbocycles. The van der Waals surface area contributed by atoms with Crippen molar-refractivity contribution in [2.24, 2.45) is 0 Å². The summed E-state index contributed by atoms with van der Waals surface area (Å²) in [4.78, 5) is 14.0. The Morgan fingerprint density at radius 1 is 1.00 bits per heavy atom. The first-order valence-electron chi connectivity index (χ1n) is 7.56. The van der Waals surface area contributed by atoms with Gasteiger partial charge >= 0.3 is 7.60 Å². The van der Waals surface area contributed by atoms with Crippen molar-refractivity contribution in [3.8, 4) is 0 Å². The molecule has 5 heteroatoms. The number of aromatic nitrogens is 1. The first-order chi connectivity index (χ1) is 10.7. The minimum atomic E-state index is -3.47. The van der Waals surface area contributed by atoms with E-state index in [2.05, 4.69) is 4.98 Å². The lowest BCUT2D eigenvalue weighted by molar-refractivity contribution is 0.255. The van der Waals surface area contributed by atoms with E-state index < -0.39 is 7.60 Å². The summed E-state index contributed by atoms with van der Waals surface area (Å²) in [6.07, 6.45) is 4.84. The fourth-order valence-corrected chi connectivity index (χ4v) is 3.30. The summed E-state index contributed by atoms with van der Waals surface area (Å²) < 4.78 is 17.1. The van der Waals surface area contributed by atoms with Crippen LogP contribution in [0, 0.1) is 0 Å². The second kappa shape index (κ2) is 8.84. The highest BCUT2D eigenvalue weighted by Crippen LogP contribution is 2.42. The highest BCUT2D eigenvalue weighted by molar-refractivity contribution is 7.52. The molecule has 1 unspecified atom stereocenters. The maximum atomic E-state index is 11.9. The quantitative estimate of drug-likeness (QED) is 0.563. The first-order valence-corrected chi connectivity index (χ1v) is 9.32. The molecule has 0 aliphatic rings. The van der Waals surface area contributed by atoms with Crippen LogP contribution in [-0.2, 0) is 21.9 Å². The van der Waals surface area contributed by atoms with E-state index in [-0.39, 0.29) is 12.8 Å². The van der Waals surface area contributed by atoms with E-state index in [1.807, 2.05) is 48.5 Å². The fourth-order valence-electron chi connectivity index (χ4n) is 2.20. The molecule has 0 amide bonds. The van der Waals surface area contributed by atoms with Gasteiger partial charge in [-0.2, -0.15) is 0 Å². The lowest BCUT2D eigenvalue weighted by atomic mass is 10.1. The summed E-state index contributed by atoms with van der Waals surface area (Å²) >= 11 is 0. The van der Waals surface area contributed by atoms with Gasteiger partial charge in [-0.3, -0.25) is 9.55 Å². The minimum Gasteiger partial charge on any atom is -0.324 e. The Morgan fingerprint density at radius 2 is 1.77 bits per heavy atom. The van der Waals surface area contributed by atoms with Crippen LogP contribution in [0.5, 0.6) is 0 Å². The van der Waals surface area contributed by atoms with Crippen LogP contribution in [0.3, 0.4) is 0 Å². The SMILES string of the molecule is O=P(O)(CCCc1ccccc1)OCCCc1ccccn1. The van der Waals surface area contributed by atoms with Crippen LogP contribution in [-0.4, -0.2) is 22.6 Å². The molecule has 0 spiro atoms. The number of nitrogens with zero attached hydrogens (tertiary/aromatic N) is 1. The summed E-state index contributed by atoms with van der Waals surface area (Å²) in [5, 5.41) is 0. The number of hydrogen-bond acceptors (Lipinski definition) is 3. The Bertz CT molecular complexity index is 589. The van der Waals surface area contributed by atoms with Crippen LogP contribution in [0.15, 0.2) is 54.7 Å². The van der Waals surface area contributed by atoms with Crippen molar-refractivity contribution >= 4 is 7.60 Å². The first kappa shape index (κ1) is 16.9. The van der Waals surface area contributed by atoms with Crippen LogP contribution in [0.1, 0.15) is 24.1 Å². The molecule has 4 nitrogen and oxygen atoms in total. The highest BCUT2D eigenvalue weighted by atomic mass is 31.2. The molecule has 0 saturated heterocycles. The van der Waals surface area contributed by atoms with E-state index in [1.54, 1.807) is 6.20 Å². The van der Waals surface area contributed by atoms with Crippen LogP contribution < -0.4 is 0 Å². The molecular formula is C17H22NO3P. The third-order valence-electron chi connectivity index (χ3n) is 3.35. The van der Waals surface area contributed by atoms with Crippen molar-refractivity contribution in [2.45, 2.75) is 25.7 Å². The Hall–Kier alpha value is -1.48. The Balaban J connectivity index is 1.62. The minimum absolute atomic E-state index is 0.200. The van der Waals surface area contributed by atoms with Gasteiger partial charge in [0, 0.05) is 11.9 Å². The predicted octanol–water partition coefficient (Wildman–Crippen LogP) is 3.85. The molecule has 1 aromatic carbocycles. The van der Waals surface area contributed by atoms with Gasteiger partial charge in [-0.15, -0.1) is 0 Å². The Kier molecular flexibility index (Phi) is 6.78. The molecule has 2 rings (SSSR count). The molecule has 0 bridgehead atoms. The molecule has 1 heterocycles. The van der Waals surface area contributed by atoms with Gasteiger partial charge in [0.25, 0.3) is 0 Å². The summed E-state index contributed by atoms with van der Waals surface area (Å²) in [6, 6.07) is 15.7. The zero-order chi connectivity index (χ0) is 15.7. The van der Waals surface area contributed by atoms with Gasteiger partial charge < -0.3 is 9.42 Å². The second-order valence-corrected chi connectivity index (χ2v) is 7.19. The molecule has 1 N–H and O–H groups in total. The molecule has 1 aromatic heterocycles. The van der Waals surface area contributed by atoms with Crippen molar-refractivity contribution in [3.05, 3.63) is 66.0 Å². The van der Waals surface area contributed by atoms with Crippen LogP contribution in [0.4, 0.5) is 0 Å². The van der Waals surface area contributed by atoms with Crippen LogP contribution in [0.2, 0.25) is 0 Å². The normalized spacial score (nSPS) is 13.7. The number of hydrogen-bond donors (Lipinski definition) is 1. The monoisotopic (exact) mass is 319 g/mol. The standard InChI is InChI=1S/C17H22NO3P/c19-22(20,15-7-10-16-8-2-1-3-9-16)21-14-6-12-17-11-4-5-13-18-17/h1-5,8-9,11,13H,6-7,10,12,14-15H2,(H,19,20). The Labute approximate surface area is 131 Å². The number of pyridine rings is 1. The van der Waals surface area contributed by atoms with Gasteiger partial charge in [0.2, 0.25) is 0 Å². The average molecular weight is 319 g/mol. The highest BCUT2D eigenvalue weighted by Gasteiger charge is 2.18.